The van der Waals surface area contributed by atoms with Crippen molar-refractivity contribution in [1.82, 2.24) is 5.32 Å². The van der Waals surface area contributed by atoms with Crippen LogP contribution in [-0.2, 0) is 9.59 Å². The van der Waals surface area contributed by atoms with Gasteiger partial charge in [-0.05, 0) is 25.7 Å². The lowest BCUT2D eigenvalue weighted by Gasteiger charge is -2.28. The van der Waals surface area contributed by atoms with Crippen LogP contribution in [0.2, 0.25) is 0 Å². The first-order chi connectivity index (χ1) is 8.18. The summed E-state index contributed by atoms with van der Waals surface area (Å²) >= 11 is 0. The van der Waals surface area contributed by atoms with Gasteiger partial charge in [0.05, 0.1) is 11.8 Å². The summed E-state index contributed by atoms with van der Waals surface area (Å²) in [5.41, 5.74) is 0. The Bertz CT molecular complexity index is 297. The Morgan fingerprint density at radius 3 is 2.00 bits per heavy atom. The normalized spacial score (nSPS) is 30.1. The van der Waals surface area contributed by atoms with E-state index in [9.17, 15) is 9.59 Å². The van der Waals surface area contributed by atoms with Crippen molar-refractivity contribution in [3.63, 3.8) is 0 Å². The summed E-state index contributed by atoms with van der Waals surface area (Å²) in [6.07, 6.45) is 7.76. The number of carboxylic acid groups (broad SMARTS) is 1. The second-order valence-electron chi connectivity index (χ2n) is 5.33. The lowest BCUT2D eigenvalue weighted by Crippen LogP contribution is -2.43. The summed E-state index contributed by atoms with van der Waals surface area (Å²) in [5.74, 6) is -1.60. The number of carboxylic acids is 1. The first kappa shape index (κ1) is 12.4. The molecular formula is C13H21NO3. The molecule has 2 fully saturated rings. The zero-order chi connectivity index (χ0) is 12.3. The molecule has 0 aromatic rings. The first-order valence-electron chi connectivity index (χ1n) is 6.71. The fraction of sp³-hybridized carbons (Fsp3) is 0.846. The lowest BCUT2D eigenvalue weighted by molar-refractivity contribution is -0.149. The van der Waals surface area contributed by atoms with Gasteiger partial charge < -0.3 is 10.4 Å². The quantitative estimate of drug-likeness (QED) is 0.791. The molecule has 4 heteroatoms. The molecule has 17 heavy (non-hydrogen) atoms. The zero-order valence-corrected chi connectivity index (χ0v) is 10.2. The second kappa shape index (κ2) is 5.52. The molecular weight excluding hydrogens is 218 g/mol. The molecule has 4 nitrogen and oxygen atoms in total. The highest BCUT2D eigenvalue weighted by Crippen LogP contribution is 2.31. The minimum atomic E-state index is -0.809. The third-order valence-electron chi connectivity index (χ3n) is 4.12. The molecule has 2 aliphatic carbocycles. The van der Waals surface area contributed by atoms with Gasteiger partial charge in [-0.15, -0.1) is 0 Å². The molecule has 0 spiro atoms. The fourth-order valence-electron chi connectivity index (χ4n) is 3.12. The average molecular weight is 239 g/mol. The highest BCUT2D eigenvalue weighted by atomic mass is 16.4. The van der Waals surface area contributed by atoms with E-state index < -0.39 is 11.9 Å². The van der Waals surface area contributed by atoms with E-state index in [1.807, 2.05) is 0 Å². The van der Waals surface area contributed by atoms with Gasteiger partial charge in [0.1, 0.15) is 0 Å². The Morgan fingerprint density at radius 1 is 0.882 bits per heavy atom. The summed E-state index contributed by atoms with van der Waals surface area (Å²) in [6.45, 7) is 0. The summed E-state index contributed by atoms with van der Waals surface area (Å²) in [6, 6.07) is 0.291. The maximum atomic E-state index is 12.1. The molecule has 1 amide bonds. The Kier molecular flexibility index (Phi) is 4.02. The molecule has 0 bridgehead atoms. The smallest absolute Gasteiger partial charge is 0.307 e. The number of nitrogens with one attached hydrogen (secondary N) is 1. The van der Waals surface area contributed by atoms with Crippen LogP contribution in [0.4, 0.5) is 0 Å². The van der Waals surface area contributed by atoms with Crippen LogP contribution in [0.5, 0.6) is 0 Å². The molecule has 0 heterocycles. The van der Waals surface area contributed by atoms with Crippen molar-refractivity contribution in [2.24, 2.45) is 11.8 Å². The minimum Gasteiger partial charge on any atom is -0.481 e. The molecule has 2 rings (SSSR count). The van der Waals surface area contributed by atoms with E-state index in [-0.39, 0.29) is 11.8 Å². The Morgan fingerprint density at radius 2 is 1.41 bits per heavy atom. The largest absolute Gasteiger partial charge is 0.481 e. The SMILES string of the molecule is O=C(NC1CCCC1)[C@H]1CCCC[C@H]1C(=O)O. The van der Waals surface area contributed by atoms with E-state index in [1.165, 1.54) is 12.8 Å². The molecule has 2 saturated carbocycles. The third kappa shape index (κ3) is 2.99. The summed E-state index contributed by atoms with van der Waals surface area (Å²) in [4.78, 5) is 23.2. The van der Waals surface area contributed by atoms with Crippen LogP contribution in [0.3, 0.4) is 0 Å². The third-order valence-corrected chi connectivity index (χ3v) is 4.12. The summed E-state index contributed by atoms with van der Waals surface area (Å²) in [7, 11) is 0. The highest BCUT2D eigenvalue weighted by Gasteiger charge is 2.36. The predicted octanol–water partition coefficient (Wildman–Crippen LogP) is 1.94. The zero-order valence-electron chi connectivity index (χ0n) is 10.2. The van der Waals surface area contributed by atoms with Gasteiger partial charge in [0.15, 0.2) is 0 Å². The minimum absolute atomic E-state index is 0.0241. The van der Waals surface area contributed by atoms with Crippen molar-refractivity contribution >= 4 is 11.9 Å². The number of amides is 1. The molecule has 0 aliphatic heterocycles. The number of aliphatic carboxylic acids is 1. The van der Waals surface area contributed by atoms with Crippen molar-refractivity contribution in [2.75, 3.05) is 0 Å². The number of rotatable bonds is 3. The monoisotopic (exact) mass is 239 g/mol. The van der Waals surface area contributed by atoms with E-state index in [4.69, 9.17) is 5.11 Å². The summed E-state index contributed by atoms with van der Waals surface area (Å²) in [5, 5.41) is 12.2. The summed E-state index contributed by atoms with van der Waals surface area (Å²) < 4.78 is 0. The molecule has 0 aromatic heterocycles. The topological polar surface area (TPSA) is 66.4 Å². The molecule has 2 aliphatic rings. The van der Waals surface area contributed by atoms with Gasteiger partial charge in [-0.3, -0.25) is 9.59 Å². The van der Waals surface area contributed by atoms with Crippen LogP contribution in [-0.4, -0.2) is 23.0 Å². The fourth-order valence-corrected chi connectivity index (χ4v) is 3.12. The van der Waals surface area contributed by atoms with Gasteiger partial charge in [0.2, 0.25) is 5.91 Å². The van der Waals surface area contributed by atoms with Crippen molar-refractivity contribution in [3.8, 4) is 0 Å². The Balaban J connectivity index is 1.93. The van der Waals surface area contributed by atoms with Gasteiger partial charge >= 0.3 is 5.97 Å². The lowest BCUT2D eigenvalue weighted by atomic mass is 9.78. The van der Waals surface area contributed by atoms with Crippen LogP contribution in [0, 0.1) is 11.8 Å². The second-order valence-corrected chi connectivity index (χ2v) is 5.33. The van der Waals surface area contributed by atoms with Crippen LogP contribution in [0.1, 0.15) is 51.4 Å². The molecule has 0 saturated heterocycles. The van der Waals surface area contributed by atoms with Gasteiger partial charge in [-0.25, -0.2) is 0 Å². The van der Waals surface area contributed by atoms with E-state index in [0.29, 0.717) is 12.5 Å². The van der Waals surface area contributed by atoms with Crippen molar-refractivity contribution in [2.45, 2.75) is 57.4 Å². The van der Waals surface area contributed by atoms with E-state index >= 15 is 0 Å². The van der Waals surface area contributed by atoms with Crippen LogP contribution in [0.25, 0.3) is 0 Å². The maximum absolute atomic E-state index is 12.1. The Labute approximate surface area is 102 Å². The van der Waals surface area contributed by atoms with E-state index in [1.54, 1.807) is 0 Å². The first-order valence-corrected chi connectivity index (χ1v) is 6.71. The van der Waals surface area contributed by atoms with Crippen LogP contribution < -0.4 is 5.32 Å². The van der Waals surface area contributed by atoms with Gasteiger partial charge in [0.25, 0.3) is 0 Å². The van der Waals surface area contributed by atoms with Gasteiger partial charge in [0, 0.05) is 6.04 Å². The van der Waals surface area contributed by atoms with Crippen LogP contribution in [0.15, 0.2) is 0 Å². The molecule has 2 atom stereocenters. The van der Waals surface area contributed by atoms with E-state index in [0.717, 1.165) is 32.1 Å². The number of hydrogen-bond donors (Lipinski definition) is 2. The predicted molar refractivity (Wildman–Crippen MR) is 63.5 cm³/mol. The molecule has 0 unspecified atom stereocenters. The Hall–Kier alpha value is -1.06. The number of carbonyl (C=O) groups excluding carboxylic acids is 1. The highest BCUT2D eigenvalue weighted by molar-refractivity contribution is 5.85. The number of hydrogen-bond acceptors (Lipinski definition) is 2. The van der Waals surface area contributed by atoms with Crippen molar-refractivity contribution < 1.29 is 14.7 Å². The van der Waals surface area contributed by atoms with Gasteiger partial charge in [-0.1, -0.05) is 25.7 Å². The van der Waals surface area contributed by atoms with Gasteiger partial charge in [-0.2, -0.15) is 0 Å². The molecule has 96 valence electrons. The molecule has 0 radical (unpaired) electrons. The van der Waals surface area contributed by atoms with Crippen LogP contribution >= 0.6 is 0 Å². The van der Waals surface area contributed by atoms with E-state index in [2.05, 4.69) is 5.32 Å². The number of carbonyl (C=O) groups is 2. The molecule has 2 N–H and O–H groups in total. The average Bonchev–Trinajstić information content (AvgIpc) is 2.81. The van der Waals surface area contributed by atoms with Crippen molar-refractivity contribution in [1.29, 1.82) is 0 Å². The maximum Gasteiger partial charge on any atom is 0.307 e. The molecule has 0 aromatic carbocycles. The standard InChI is InChI=1S/C13H21NO3/c15-12(14-9-5-1-2-6-9)10-7-3-4-8-11(10)13(16)17/h9-11H,1-8H2,(H,14,15)(H,16,17)/t10-,11+/m0/s1. The van der Waals surface area contributed by atoms with Crippen molar-refractivity contribution in [3.05, 3.63) is 0 Å².